The molecule has 104 valence electrons. The van der Waals surface area contributed by atoms with Crippen molar-refractivity contribution in [3.05, 3.63) is 35.4 Å². The summed E-state index contributed by atoms with van der Waals surface area (Å²) in [6.07, 6.45) is 0.428. The first kappa shape index (κ1) is 13.9. The fourth-order valence-electron chi connectivity index (χ4n) is 2.35. The molecule has 0 fully saturated rings. The van der Waals surface area contributed by atoms with Crippen LogP contribution in [0.1, 0.15) is 44.4 Å². The van der Waals surface area contributed by atoms with E-state index in [-0.39, 0.29) is 6.04 Å². The van der Waals surface area contributed by atoms with Gasteiger partial charge in [-0.15, -0.1) is 0 Å². The number of aryl methyl sites for hydroxylation is 1. The zero-order valence-electron chi connectivity index (χ0n) is 11.6. The van der Waals surface area contributed by atoms with Crippen molar-refractivity contribution in [1.82, 2.24) is 5.32 Å². The van der Waals surface area contributed by atoms with E-state index >= 15 is 0 Å². The predicted molar refractivity (Wildman–Crippen MR) is 72.9 cm³/mol. The van der Waals surface area contributed by atoms with E-state index in [0.717, 1.165) is 12.0 Å². The Morgan fingerprint density at radius 2 is 2.05 bits per heavy atom. The number of hydrogen-bond acceptors (Lipinski definition) is 3. The van der Waals surface area contributed by atoms with Crippen molar-refractivity contribution < 1.29 is 14.6 Å². The summed E-state index contributed by atoms with van der Waals surface area (Å²) in [5.41, 5.74) is 1.62. The summed E-state index contributed by atoms with van der Waals surface area (Å²) in [4.78, 5) is 11.8. The number of hydrogen-bond donors (Lipinski definition) is 2. The minimum atomic E-state index is -0.567. The molecule has 4 nitrogen and oxygen atoms in total. The van der Waals surface area contributed by atoms with Crippen LogP contribution in [0.25, 0.3) is 0 Å². The number of carbonyl (C=O) groups is 1. The Balaban J connectivity index is 2.13. The van der Waals surface area contributed by atoms with Crippen LogP contribution in [0.5, 0.6) is 0 Å². The zero-order chi connectivity index (χ0) is 14.0. The van der Waals surface area contributed by atoms with Crippen LogP contribution in [0.2, 0.25) is 0 Å². The monoisotopic (exact) mass is 263 g/mol. The van der Waals surface area contributed by atoms with E-state index in [4.69, 9.17) is 4.74 Å². The Kier molecular flexibility index (Phi) is 3.80. The maximum absolute atomic E-state index is 11.8. The normalized spacial score (nSPS) is 22.5. The van der Waals surface area contributed by atoms with E-state index in [1.54, 1.807) is 0 Å². The first-order chi connectivity index (χ1) is 8.87. The van der Waals surface area contributed by atoms with Crippen molar-refractivity contribution in [2.24, 2.45) is 0 Å². The Bertz CT molecular complexity index is 465. The van der Waals surface area contributed by atoms with Crippen molar-refractivity contribution >= 4 is 6.09 Å². The Hall–Kier alpha value is -1.55. The molecule has 1 aliphatic carbocycles. The topological polar surface area (TPSA) is 58.6 Å². The summed E-state index contributed by atoms with van der Waals surface area (Å²) in [6.45, 7) is 5.45. The molecule has 0 spiro atoms. The minimum Gasteiger partial charge on any atom is -0.444 e. The third-order valence-electron chi connectivity index (χ3n) is 3.16. The van der Waals surface area contributed by atoms with Crippen LogP contribution >= 0.6 is 0 Å². The highest BCUT2D eigenvalue weighted by Gasteiger charge is 2.30. The zero-order valence-corrected chi connectivity index (χ0v) is 11.6. The second kappa shape index (κ2) is 5.21. The highest BCUT2D eigenvalue weighted by atomic mass is 16.6. The average molecular weight is 263 g/mol. The van der Waals surface area contributed by atoms with E-state index in [9.17, 15) is 9.90 Å². The fraction of sp³-hybridized carbons (Fsp3) is 0.533. The lowest BCUT2D eigenvalue weighted by atomic mass is 9.86. The van der Waals surface area contributed by atoms with Gasteiger partial charge in [0.2, 0.25) is 0 Å². The van der Waals surface area contributed by atoms with Gasteiger partial charge in [-0.3, -0.25) is 0 Å². The number of carbonyl (C=O) groups excluding carboxylic acids is 1. The Labute approximate surface area is 113 Å². The van der Waals surface area contributed by atoms with Crippen LogP contribution in [0.4, 0.5) is 4.79 Å². The second-order valence-corrected chi connectivity index (χ2v) is 5.93. The summed E-state index contributed by atoms with van der Waals surface area (Å²) in [5, 5.41) is 12.9. The molecule has 2 rings (SSSR count). The molecule has 0 bridgehead atoms. The lowest BCUT2D eigenvalue weighted by Gasteiger charge is -2.31. The molecule has 0 aromatic heterocycles. The van der Waals surface area contributed by atoms with Gasteiger partial charge in [0.25, 0.3) is 0 Å². The summed E-state index contributed by atoms with van der Waals surface area (Å²) in [5.74, 6) is 0. The number of ether oxygens (including phenoxy) is 1. The van der Waals surface area contributed by atoms with Gasteiger partial charge in [-0.1, -0.05) is 24.3 Å². The van der Waals surface area contributed by atoms with Crippen molar-refractivity contribution in [2.45, 2.75) is 51.4 Å². The van der Waals surface area contributed by atoms with Gasteiger partial charge in [0.15, 0.2) is 0 Å². The molecule has 1 aromatic rings. The van der Waals surface area contributed by atoms with E-state index in [0.29, 0.717) is 6.42 Å². The van der Waals surface area contributed by atoms with Crippen LogP contribution in [0.3, 0.4) is 0 Å². The smallest absolute Gasteiger partial charge is 0.408 e. The summed E-state index contributed by atoms with van der Waals surface area (Å²) in [7, 11) is 0. The molecule has 0 aliphatic heterocycles. The van der Waals surface area contributed by atoms with Crippen LogP contribution in [0.15, 0.2) is 24.3 Å². The van der Waals surface area contributed by atoms with Crippen molar-refractivity contribution in [2.75, 3.05) is 0 Å². The molecule has 0 heterocycles. The number of benzene rings is 1. The third kappa shape index (κ3) is 3.47. The molecular formula is C15H21NO3. The second-order valence-electron chi connectivity index (χ2n) is 5.93. The highest BCUT2D eigenvalue weighted by Crippen LogP contribution is 2.30. The lowest BCUT2D eigenvalue weighted by molar-refractivity contribution is 0.0399. The van der Waals surface area contributed by atoms with Gasteiger partial charge >= 0.3 is 6.09 Å². The third-order valence-corrected chi connectivity index (χ3v) is 3.16. The van der Waals surface area contributed by atoms with E-state index in [1.165, 1.54) is 5.56 Å². The Morgan fingerprint density at radius 1 is 1.37 bits per heavy atom. The van der Waals surface area contributed by atoms with Gasteiger partial charge in [-0.25, -0.2) is 4.79 Å². The fourth-order valence-corrected chi connectivity index (χ4v) is 2.35. The van der Waals surface area contributed by atoms with E-state index in [2.05, 4.69) is 5.32 Å². The lowest BCUT2D eigenvalue weighted by Crippen LogP contribution is -2.41. The number of rotatable bonds is 1. The molecule has 0 saturated heterocycles. The predicted octanol–water partition coefficient (Wildman–Crippen LogP) is 2.56. The molecule has 0 radical (unpaired) electrons. The van der Waals surface area contributed by atoms with Crippen LogP contribution in [0, 0.1) is 0 Å². The quantitative estimate of drug-likeness (QED) is 0.818. The first-order valence-corrected chi connectivity index (χ1v) is 6.62. The molecule has 1 amide bonds. The Morgan fingerprint density at radius 3 is 2.74 bits per heavy atom. The van der Waals surface area contributed by atoms with Crippen molar-refractivity contribution in [1.29, 1.82) is 0 Å². The number of aliphatic hydroxyl groups is 1. The molecule has 0 saturated carbocycles. The maximum Gasteiger partial charge on any atom is 0.408 e. The molecular weight excluding hydrogens is 242 g/mol. The van der Waals surface area contributed by atoms with E-state index in [1.807, 2.05) is 45.0 Å². The standard InChI is InChI=1S/C15H21NO3/c1-15(2,3)19-14(18)16-13-11-7-5-4-6-10(11)8-9-12(13)17/h4-7,12-13,17H,8-9H2,1-3H3,(H,16,18)/t12-,13-/m0/s1. The largest absolute Gasteiger partial charge is 0.444 e. The van der Waals surface area contributed by atoms with E-state index < -0.39 is 17.8 Å². The minimum absolute atomic E-state index is 0.389. The SMILES string of the molecule is CC(C)(C)OC(=O)N[C@H]1c2ccccc2CC[C@@H]1O. The number of alkyl carbamates (subject to hydrolysis) is 1. The molecule has 0 unspecified atom stereocenters. The highest BCUT2D eigenvalue weighted by molar-refractivity contribution is 5.68. The maximum atomic E-state index is 11.8. The first-order valence-electron chi connectivity index (χ1n) is 6.62. The molecule has 19 heavy (non-hydrogen) atoms. The molecule has 1 aromatic carbocycles. The van der Waals surface area contributed by atoms with Gasteiger partial charge in [0.1, 0.15) is 5.60 Å². The van der Waals surface area contributed by atoms with Crippen LogP contribution in [-0.2, 0) is 11.2 Å². The number of fused-ring (bicyclic) bond motifs is 1. The number of aliphatic hydroxyl groups excluding tert-OH is 1. The van der Waals surface area contributed by atoms with Crippen molar-refractivity contribution in [3.8, 4) is 0 Å². The van der Waals surface area contributed by atoms with Crippen LogP contribution in [-0.4, -0.2) is 22.9 Å². The van der Waals surface area contributed by atoms with Gasteiger partial charge in [-0.05, 0) is 44.7 Å². The van der Waals surface area contributed by atoms with Gasteiger partial charge < -0.3 is 15.2 Å². The molecule has 1 aliphatic rings. The summed E-state index contributed by atoms with van der Waals surface area (Å²) < 4.78 is 5.24. The number of amides is 1. The van der Waals surface area contributed by atoms with Crippen LogP contribution < -0.4 is 5.32 Å². The van der Waals surface area contributed by atoms with Crippen molar-refractivity contribution in [3.63, 3.8) is 0 Å². The van der Waals surface area contributed by atoms with Gasteiger partial charge in [0, 0.05) is 0 Å². The molecule has 4 heteroatoms. The molecule has 2 atom stereocenters. The average Bonchev–Trinajstić information content (AvgIpc) is 2.31. The summed E-state index contributed by atoms with van der Waals surface area (Å²) in [6, 6.07) is 7.48. The summed E-state index contributed by atoms with van der Waals surface area (Å²) >= 11 is 0. The number of nitrogens with one attached hydrogen (secondary N) is 1. The molecule has 2 N–H and O–H groups in total. The van der Waals surface area contributed by atoms with Gasteiger partial charge in [-0.2, -0.15) is 0 Å². The van der Waals surface area contributed by atoms with Gasteiger partial charge in [0.05, 0.1) is 12.1 Å².